The lowest BCUT2D eigenvalue weighted by Crippen LogP contribution is -2.39. The Kier molecular flexibility index (Phi) is 8.79. The van der Waals surface area contributed by atoms with Gasteiger partial charge in [0.2, 0.25) is 10.0 Å². The number of hydrazone groups is 1. The molecular weight excluding hydrogens is 545 g/mol. The molecule has 2 N–H and O–H groups in total. The van der Waals surface area contributed by atoms with Crippen molar-refractivity contribution in [3.8, 4) is 0 Å². The van der Waals surface area contributed by atoms with Crippen molar-refractivity contribution in [2.45, 2.75) is 13.1 Å². The normalized spacial score (nSPS) is 12.1. The van der Waals surface area contributed by atoms with Gasteiger partial charge in [-0.3, -0.25) is 13.9 Å². The van der Waals surface area contributed by atoms with Crippen LogP contribution in [0.1, 0.15) is 28.4 Å². The molecule has 200 valence electrons. The first-order valence-corrected chi connectivity index (χ1v) is 13.1. The number of anilines is 2. The van der Waals surface area contributed by atoms with Gasteiger partial charge in [0.05, 0.1) is 28.2 Å². The quantitative estimate of drug-likeness (QED) is 0.298. The molecule has 0 spiro atoms. The number of carbonyl (C=O) groups excluding carboxylic acids is 2. The summed E-state index contributed by atoms with van der Waals surface area (Å²) < 4.78 is 64.5. The van der Waals surface area contributed by atoms with Crippen LogP contribution in [0.2, 0.25) is 5.02 Å². The molecule has 0 heterocycles. The fourth-order valence-electron chi connectivity index (χ4n) is 3.25. The number of halogens is 4. The van der Waals surface area contributed by atoms with Gasteiger partial charge in [-0.25, -0.2) is 13.8 Å². The van der Waals surface area contributed by atoms with E-state index < -0.39 is 39.9 Å². The highest BCUT2D eigenvalue weighted by Crippen LogP contribution is 2.36. The first-order chi connectivity index (χ1) is 17.8. The van der Waals surface area contributed by atoms with E-state index >= 15 is 0 Å². The van der Waals surface area contributed by atoms with Crippen LogP contribution in [-0.4, -0.2) is 38.7 Å². The first kappa shape index (κ1) is 28.7. The van der Waals surface area contributed by atoms with Gasteiger partial charge in [-0.05, 0) is 55.0 Å². The van der Waals surface area contributed by atoms with Gasteiger partial charge in [0, 0.05) is 11.3 Å². The molecule has 3 aromatic rings. The van der Waals surface area contributed by atoms with E-state index in [1.807, 2.05) is 0 Å². The van der Waals surface area contributed by atoms with Crippen LogP contribution in [0.25, 0.3) is 0 Å². The van der Waals surface area contributed by atoms with Crippen LogP contribution in [0.5, 0.6) is 0 Å². The van der Waals surface area contributed by atoms with Crippen molar-refractivity contribution in [2.75, 3.05) is 22.4 Å². The molecule has 0 bridgehead atoms. The lowest BCUT2D eigenvalue weighted by molar-refractivity contribution is -0.137. The van der Waals surface area contributed by atoms with Gasteiger partial charge in [0.25, 0.3) is 11.8 Å². The number of nitrogens with one attached hydrogen (secondary N) is 2. The molecule has 0 aliphatic rings. The molecule has 0 fully saturated rings. The van der Waals surface area contributed by atoms with Gasteiger partial charge in [0.1, 0.15) is 6.54 Å². The third kappa shape index (κ3) is 7.56. The van der Waals surface area contributed by atoms with Gasteiger partial charge < -0.3 is 5.32 Å². The van der Waals surface area contributed by atoms with E-state index in [0.717, 1.165) is 12.3 Å². The van der Waals surface area contributed by atoms with Gasteiger partial charge in [-0.2, -0.15) is 18.3 Å². The average Bonchev–Trinajstić information content (AvgIpc) is 2.85. The Bertz CT molecular complexity index is 1480. The van der Waals surface area contributed by atoms with E-state index in [4.69, 9.17) is 11.6 Å². The molecule has 0 saturated carbocycles. The molecule has 3 rings (SSSR count). The van der Waals surface area contributed by atoms with Gasteiger partial charge in [0.15, 0.2) is 0 Å². The maximum Gasteiger partial charge on any atom is 0.416 e. The summed E-state index contributed by atoms with van der Waals surface area (Å²) in [4.78, 5) is 24.9. The van der Waals surface area contributed by atoms with Crippen molar-refractivity contribution < 1.29 is 31.2 Å². The third-order valence-corrected chi connectivity index (χ3v) is 6.60. The molecule has 8 nitrogen and oxygen atoms in total. The Labute approximate surface area is 222 Å². The Morgan fingerprint density at radius 1 is 0.974 bits per heavy atom. The van der Waals surface area contributed by atoms with Crippen LogP contribution in [0.4, 0.5) is 24.5 Å². The molecule has 0 aliphatic carbocycles. The van der Waals surface area contributed by atoms with Crippen molar-refractivity contribution in [1.29, 1.82) is 0 Å². The predicted molar refractivity (Wildman–Crippen MR) is 140 cm³/mol. The van der Waals surface area contributed by atoms with E-state index in [1.54, 1.807) is 61.5 Å². The second-order valence-electron chi connectivity index (χ2n) is 8.07. The van der Waals surface area contributed by atoms with E-state index in [2.05, 4.69) is 15.8 Å². The largest absolute Gasteiger partial charge is 0.416 e. The molecule has 2 amide bonds. The summed E-state index contributed by atoms with van der Waals surface area (Å²) in [7, 11) is -4.20. The molecule has 3 aromatic carbocycles. The second kappa shape index (κ2) is 11.7. The Hall–Kier alpha value is -3.90. The second-order valence-corrected chi connectivity index (χ2v) is 10.4. The van der Waals surface area contributed by atoms with Crippen molar-refractivity contribution in [2.24, 2.45) is 5.10 Å². The van der Waals surface area contributed by atoms with Gasteiger partial charge >= 0.3 is 6.18 Å². The number of amides is 2. The minimum absolute atomic E-state index is 0.287. The van der Waals surface area contributed by atoms with Crippen molar-refractivity contribution in [1.82, 2.24) is 5.43 Å². The number of benzene rings is 3. The summed E-state index contributed by atoms with van der Waals surface area (Å²) in [6.07, 6.45) is -4.01. The van der Waals surface area contributed by atoms with Gasteiger partial charge in [-0.1, -0.05) is 41.9 Å². The molecule has 0 aliphatic heterocycles. The lowest BCUT2D eigenvalue weighted by Gasteiger charge is -2.23. The molecule has 0 radical (unpaired) electrons. The number of hydrogen-bond donors (Lipinski definition) is 2. The standard InChI is InChI=1S/C25H22ClF3N4O4S/c1-16(18-9-6-10-20(13-18)30-24(35)17-7-4-3-5-8-17)31-32-23(34)15-33(38(2,36)37)22-14-19(25(27,28)29)11-12-21(22)26/h3-14H,15H2,1-2H3,(H,30,35)(H,32,34)/b31-16+. The van der Waals surface area contributed by atoms with Crippen molar-refractivity contribution in [3.05, 3.63) is 94.5 Å². The summed E-state index contributed by atoms with van der Waals surface area (Å²) in [6.45, 7) is 0.695. The predicted octanol–water partition coefficient (Wildman–Crippen LogP) is 4.92. The zero-order valence-corrected chi connectivity index (χ0v) is 21.7. The van der Waals surface area contributed by atoms with Crippen molar-refractivity contribution >= 4 is 50.5 Å². The fraction of sp³-hybridized carbons (Fsp3) is 0.160. The summed E-state index contributed by atoms with van der Waals surface area (Å²) >= 11 is 5.97. The fourth-order valence-corrected chi connectivity index (χ4v) is 4.38. The van der Waals surface area contributed by atoms with Crippen LogP contribution in [0, 0.1) is 0 Å². The Morgan fingerprint density at radius 2 is 1.63 bits per heavy atom. The SMILES string of the molecule is C/C(=N\NC(=O)CN(c1cc(C(F)(F)F)ccc1Cl)S(C)(=O)=O)c1cccc(NC(=O)c2ccccc2)c1. The topological polar surface area (TPSA) is 108 Å². The average molecular weight is 567 g/mol. The molecule has 0 atom stereocenters. The van der Waals surface area contributed by atoms with Crippen molar-refractivity contribution in [3.63, 3.8) is 0 Å². The molecule has 0 unspecified atom stereocenters. The summed E-state index contributed by atoms with van der Waals surface area (Å²) in [6, 6.07) is 17.4. The maximum atomic E-state index is 13.1. The third-order valence-electron chi connectivity index (χ3n) is 5.15. The smallest absolute Gasteiger partial charge is 0.322 e. The summed E-state index contributed by atoms with van der Waals surface area (Å²) in [5.41, 5.74) is 2.36. The van der Waals surface area contributed by atoms with Gasteiger partial charge in [-0.15, -0.1) is 0 Å². The highest BCUT2D eigenvalue weighted by molar-refractivity contribution is 7.92. The lowest BCUT2D eigenvalue weighted by atomic mass is 10.1. The summed E-state index contributed by atoms with van der Waals surface area (Å²) in [5, 5.41) is 6.42. The molecule has 13 heteroatoms. The number of nitrogens with zero attached hydrogens (tertiary/aromatic N) is 2. The maximum absolute atomic E-state index is 13.1. The Morgan fingerprint density at radius 3 is 2.26 bits per heavy atom. The highest BCUT2D eigenvalue weighted by Gasteiger charge is 2.33. The molecular formula is C25H22ClF3N4O4S. The van der Waals surface area contributed by atoms with E-state index in [1.165, 1.54) is 0 Å². The monoisotopic (exact) mass is 566 g/mol. The zero-order chi connectivity index (χ0) is 28.1. The van der Waals surface area contributed by atoms with E-state index in [-0.39, 0.29) is 10.9 Å². The molecule has 0 saturated heterocycles. The number of sulfonamides is 1. The van der Waals surface area contributed by atoms with Crippen LogP contribution in [0.3, 0.4) is 0 Å². The zero-order valence-electron chi connectivity index (χ0n) is 20.1. The van der Waals surface area contributed by atoms with Crippen LogP contribution < -0.4 is 15.0 Å². The van der Waals surface area contributed by atoms with E-state index in [9.17, 15) is 31.2 Å². The number of hydrogen-bond acceptors (Lipinski definition) is 5. The number of carbonyl (C=O) groups is 2. The van der Waals surface area contributed by atoms with Crippen LogP contribution in [-0.2, 0) is 21.0 Å². The van der Waals surface area contributed by atoms with E-state index in [0.29, 0.717) is 39.0 Å². The number of alkyl halides is 3. The highest BCUT2D eigenvalue weighted by atomic mass is 35.5. The minimum Gasteiger partial charge on any atom is -0.322 e. The first-order valence-electron chi connectivity index (χ1n) is 10.9. The molecule has 0 aromatic heterocycles. The Balaban J connectivity index is 1.75. The van der Waals surface area contributed by atoms with Crippen LogP contribution in [0.15, 0.2) is 77.9 Å². The minimum atomic E-state index is -4.75. The number of rotatable bonds is 8. The molecule has 38 heavy (non-hydrogen) atoms. The van der Waals surface area contributed by atoms with Crippen LogP contribution >= 0.6 is 11.6 Å². The summed E-state index contributed by atoms with van der Waals surface area (Å²) in [5.74, 6) is -1.24.